The second-order valence-electron chi connectivity index (χ2n) is 9.66. The van der Waals surface area contributed by atoms with Crippen LogP contribution >= 0.6 is 12.0 Å². The third-order valence-electron chi connectivity index (χ3n) is 6.51. The maximum Gasteiger partial charge on any atom is 0.311 e. The predicted molar refractivity (Wildman–Crippen MR) is 145 cm³/mol. The van der Waals surface area contributed by atoms with Crippen molar-refractivity contribution in [1.82, 2.24) is 0 Å². The average molecular weight is 569 g/mol. The van der Waals surface area contributed by atoms with Crippen LogP contribution in [-0.2, 0) is 24.3 Å². The van der Waals surface area contributed by atoms with Gasteiger partial charge in [0.05, 0.1) is 16.9 Å². The van der Waals surface area contributed by atoms with Gasteiger partial charge in [-0.05, 0) is 41.5 Å². The van der Waals surface area contributed by atoms with Gasteiger partial charge in [0.2, 0.25) is 0 Å². The van der Waals surface area contributed by atoms with E-state index in [-0.39, 0.29) is 12.2 Å². The first-order valence-corrected chi connectivity index (χ1v) is 15.9. The van der Waals surface area contributed by atoms with E-state index in [1.807, 2.05) is 0 Å². The van der Waals surface area contributed by atoms with Crippen LogP contribution in [0.15, 0.2) is 40.1 Å². The zero-order valence-electron chi connectivity index (χ0n) is 22.3. The summed E-state index contributed by atoms with van der Waals surface area (Å²) in [7, 11) is -4.89. The zero-order chi connectivity index (χ0) is 27.6. The highest BCUT2D eigenvalue weighted by Gasteiger charge is 2.16. The molecular formula is C28H40O8S2-2. The number of hydrogen-bond donors (Lipinski definition) is 0. The maximum atomic E-state index is 12.4. The van der Waals surface area contributed by atoms with Crippen LogP contribution in [0.3, 0.4) is 0 Å². The topological polar surface area (TPSA) is 125 Å². The molecule has 0 spiro atoms. The summed E-state index contributed by atoms with van der Waals surface area (Å²) in [5.41, 5.74) is 0. The van der Waals surface area contributed by atoms with Crippen molar-refractivity contribution >= 4 is 38.9 Å². The van der Waals surface area contributed by atoms with Crippen LogP contribution in [0.1, 0.15) is 110 Å². The summed E-state index contributed by atoms with van der Waals surface area (Å²) in [5.74, 6) is -0.852. The van der Waals surface area contributed by atoms with E-state index in [1.165, 1.54) is 82.8 Å². The molecule has 0 unspecified atom stereocenters. The first kappa shape index (κ1) is 32.5. The predicted octanol–water partition coefficient (Wildman–Crippen LogP) is 7.14. The van der Waals surface area contributed by atoms with E-state index in [1.54, 1.807) is 12.1 Å². The molecule has 0 aromatic heterocycles. The lowest BCUT2D eigenvalue weighted by molar-refractivity contribution is -0.777. The number of unbranched alkanes of at least 4 members (excludes halogenated alkanes) is 14. The summed E-state index contributed by atoms with van der Waals surface area (Å²) >= 11 is 0.639. The molecule has 0 bridgehead atoms. The lowest BCUT2D eigenvalue weighted by atomic mass is 10.0. The lowest BCUT2D eigenvalue weighted by Gasteiger charge is -2.15. The highest BCUT2D eigenvalue weighted by atomic mass is 32.2. The van der Waals surface area contributed by atoms with Crippen LogP contribution in [0.5, 0.6) is 5.75 Å². The standard InChI is InChI=1S/C28H42O8S2/c1-2-3-4-5-6-7-8-9-10-11-12-13-14-15-16-17-28(29)34-26-21-23-18-19-25(37-36-35-30)20-24(23)22-27(26)38(31,32)33/h18-22,30H,2-17H2,1H3,(H,31,32,33)/p-2. The number of carbonyl (C=O) groups is 1. The summed E-state index contributed by atoms with van der Waals surface area (Å²) in [6.07, 6.45) is 18.4. The Bertz CT molecular complexity index is 1070. The zero-order valence-corrected chi connectivity index (χ0v) is 23.9. The molecule has 214 valence electrons. The molecule has 0 atom stereocenters. The summed E-state index contributed by atoms with van der Waals surface area (Å²) in [6, 6.07) is 7.26. The molecule has 0 aliphatic carbocycles. The van der Waals surface area contributed by atoms with Crippen molar-refractivity contribution in [3.8, 4) is 5.75 Å². The van der Waals surface area contributed by atoms with Gasteiger partial charge in [-0.15, -0.1) is 0 Å². The van der Waals surface area contributed by atoms with E-state index in [0.717, 1.165) is 25.3 Å². The molecule has 0 saturated carbocycles. The SMILES string of the molecule is CCCCCCCCCCCCCCCCCC(=O)Oc1cc2ccc(SOO[O-])cc2cc1S(=O)(=O)[O-]. The first-order valence-electron chi connectivity index (χ1n) is 13.7. The van der Waals surface area contributed by atoms with E-state index in [9.17, 15) is 23.0 Å². The van der Waals surface area contributed by atoms with Crippen molar-refractivity contribution < 1.29 is 37.1 Å². The molecule has 0 aliphatic heterocycles. The average Bonchev–Trinajstić information content (AvgIpc) is 2.88. The number of benzene rings is 2. The molecule has 2 aromatic carbocycles. The Hall–Kier alpha value is -1.69. The van der Waals surface area contributed by atoms with Crippen LogP contribution in [0.2, 0.25) is 0 Å². The minimum atomic E-state index is -4.89. The first-order chi connectivity index (χ1) is 18.3. The summed E-state index contributed by atoms with van der Waals surface area (Å²) in [6.45, 7) is 2.24. The fourth-order valence-electron chi connectivity index (χ4n) is 4.43. The number of fused-ring (bicyclic) bond motifs is 1. The van der Waals surface area contributed by atoms with E-state index < -0.39 is 21.0 Å². The fraction of sp³-hybridized carbons (Fsp3) is 0.607. The quantitative estimate of drug-likeness (QED) is 0.0294. The molecular weight excluding hydrogens is 528 g/mol. The Morgan fingerprint density at radius 1 is 0.789 bits per heavy atom. The number of esters is 1. The molecule has 0 saturated heterocycles. The second kappa shape index (κ2) is 18.6. The molecule has 0 heterocycles. The Kier molecular flexibility index (Phi) is 15.9. The third kappa shape index (κ3) is 12.9. The van der Waals surface area contributed by atoms with Gasteiger partial charge in [-0.3, -0.25) is 9.83 Å². The summed E-state index contributed by atoms with van der Waals surface area (Å²) in [4.78, 5) is 12.2. The van der Waals surface area contributed by atoms with E-state index in [2.05, 4.69) is 16.3 Å². The van der Waals surface area contributed by atoms with E-state index >= 15 is 0 Å². The van der Waals surface area contributed by atoms with Crippen LogP contribution in [0.4, 0.5) is 0 Å². The van der Waals surface area contributed by atoms with Gasteiger partial charge in [-0.25, -0.2) is 8.42 Å². The van der Waals surface area contributed by atoms with Crippen LogP contribution in [-0.4, -0.2) is 18.9 Å². The van der Waals surface area contributed by atoms with Crippen molar-refractivity contribution in [2.45, 2.75) is 119 Å². The summed E-state index contributed by atoms with van der Waals surface area (Å²) in [5, 5.41) is 14.3. The number of hydrogen-bond acceptors (Lipinski definition) is 9. The molecule has 2 rings (SSSR count). The fourth-order valence-corrected chi connectivity index (χ4v) is 5.45. The highest BCUT2D eigenvalue weighted by Crippen LogP contribution is 2.32. The van der Waals surface area contributed by atoms with Gasteiger partial charge in [0.15, 0.2) is 0 Å². The smallest absolute Gasteiger partial charge is 0.311 e. The van der Waals surface area contributed by atoms with Crippen molar-refractivity contribution in [3.63, 3.8) is 0 Å². The van der Waals surface area contributed by atoms with Crippen LogP contribution < -0.4 is 9.99 Å². The molecule has 0 amide bonds. The van der Waals surface area contributed by atoms with Gasteiger partial charge in [0.1, 0.15) is 15.9 Å². The molecule has 0 aliphatic rings. The minimum Gasteiger partial charge on any atom is -0.744 e. The van der Waals surface area contributed by atoms with Crippen LogP contribution in [0, 0.1) is 0 Å². The van der Waals surface area contributed by atoms with Gasteiger partial charge in [-0.1, -0.05) is 103 Å². The van der Waals surface area contributed by atoms with Gasteiger partial charge in [0.25, 0.3) is 0 Å². The molecule has 38 heavy (non-hydrogen) atoms. The Labute approximate surface area is 231 Å². The molecule has 2 aromatic rings. The number of rotatable bonds is 21. The molecule has 8 nitrogen and oxygen atoms in total. The van der Waals surface area contributed by atoms with Crippen molar-refractivity contribution in [2.75, 3.05) is 0 Å². The minimum absolute atomic E-state index is 0.150. The number of ether oxygens (including phenoxy) is 1. The highest BCUT2D eigenvalue weighted by molar-refractivity contribution is 7.94. The Balaban J connectivity index is 1.68. The lowest BCUT2D eigenvalue weighted by Crippen LogP contribution is -2.11. The molecule has 0 N–H and O–H groups in total. The largest absolute Gasteiger partial charge is 0.744 e. The van der Waals surface area contributed by atoms with E-state index in [4.69, 9.17) is 4.74 Å². The normalized spacial score (nSPS) is 11.8. The Morgan fingerprint density at radius 2 is 1.34 bits per heavy atom. The van der Waals surface area contributed by atoms with Gasteiger partial charge in [0, 0.05) is 11.3 Å². The van der Waals surface area contributed by atoms with Crippen molar-refractivity contribution in [3.05, 3.63) is 30.3 Å². The van der Waals surface area contributed by atoms with E-state index in [0.29, 0.717) is 34.1 Å². The molecule has 0 fully saturated rings. The second-order valence-corrected chi connectivity index (χ2v) is 11.8. The maximum absolute atomic E-state index is 12.4. The molecule has 10 heteroatoms. The van der Waals surface area contributed by atoms with Gasteiger partial charge in [-0.2, -0.15) is 4.33 Å². The van der Waals surface area contributed by atoms with Gasteiger partial charge < -0.3 is 14.5 Å². The van der Waals surface area contributed by atoms with Crippen molar-refractivity contribution in [1.29, 1.82) is 0 Å². The Morgan fingerprint density at radius 3 is 1.87 bits per heavy atom. The van der Waals surface area contributed by atoms with Crippen molar-refractivity contribution in [2.24, 2.45) is 0 Å². The monoisotopic (exact) mass is 568 g/mol. The summed E-state index contributed by atoms with van der Waals surface area (Å²) < 4.78 is 45.0. The van der Waals surface area contributed by atoms with Crippen LogP contribution in [0.25, 0.3) is 10.8 Å². The third-order valence-corrected chi connectivity index (χ3v) is 7.94. The van der Waals surface area contributed by atoms with Gasteiger partial charge >= 0.3 is 5.97 Å². The molecule has 0 radical (unpaired) electrons. The number of carbonyl (C=O) groups excluding carboxylic acids is 1.